The Balaban J connectivity index is 2.64. The Labute approximate surface area is 80.8 Å². The molecule has 0 aliphatic carbocycles. The van der Waals surface area contributed by atoms with Gasteiger partial charge >= 0.3 is 7.12 Å². The lowest BCUT2D eigenvalue weighted by molar-refractivity contribution is 0.427. The Hall–Kier alpha value is 0.0349. The van der Waals surface area contributed by atoms with Gasteiger partial charge in [-0.3, -0.25) is 0 Å². The largest absolute Gasteiger partial charge is 0.499 e. The molecule has 1 aromatic heterocycles. The summed E-state index contributed by atoms with van der Waals surface area (Å²) >= 11 is 3.10. The summed E-state index contributed by atoms with van der Waals surface area (Å²) in [6, 6.07) is 1.82. The molecule has 0 radical (unpaired) electrons. The van der Waals surface area contributed by atoms with Gasteiger partial charge < -0.3 is 10.0 Å². The highest BCUT2D eigenvalue weighted by molar-refractivity contribution is 8.00. The van der Waals surface area contributed by atoms with Crippen molar-refractivity contribution in [3.05, 3.63) is 11.4 Å². The fraction of sp³-hybridized carbons (Fsp3) is 0.429. The van der Waals surface area contributed by atoms with Crippen LogP contribution in [0.1, 0.15) is 13.8 Å². The van der Waals surface area contributed by atoms with Gasteiger partial charge in [-0.15, -0.1) is 11.8 Å². The predicted octanol–water partition coefficient (Wildman–Crippen LogP) is 0.928. The van der Waals surface area contributed by atoms with Crippen molar-refractivity contribution in [2.45, 2.75) is 24.0 Å². The van der Waals surface area contributed by atoms with Crippen LogP contribution < -0.4 is 4.78 Å². The molecular formula is C7H11BO2S2. The van der Waals surface area contributed by atoms with Crippen molar-refractivity contribution in [3.63, 3.8) is 0 Å². The van der Waals surface area contributed by atoms with Crippen molar-refractivity contribution in [3.8, 4) is 0 Å². The molecule has 0 aliphatic rings. The van der Waals surface area contributed by atoms with E-state index in [0.717, 1.165) is 4.90 Å². The Morgan fingerprint density at radius 3 is 2.58 bits per heavy atom. The molecule has 0 spiro atoms. The Morgan fingerprint density at radius 2 is 2.17 bits per heavy atom. The minimum Gasteiger partial charge on any atom is -0.423 e. The number of thiophene rings is 1. The van der Waals surface area contributed by atoms with E-state index in [2.05, 4.69) is 13.8 Å². The fourth-order valence-electron chi connectivity index (χ4n) is 0.804. The van der Waals surface area contributed by atoms with Gasteiger partial charge in [0.1, 0.15) is 0 Å². The summed E-state index contributed by atoms with van der Waals surface area (Å²) in [5.74, 6) is 0. The van der Waals surface area contributed by atoms with Gasteiger partial charge in [-0.2, -0.15) is 11.3 Å². The zero-order valence-electron chi connectivity index (χ0n) is 7.02. The summed E-state index contributed by atoms with van der Waals surface area (Å²) in [5.41, 5.74) is 0. The van der Waals surface area contributed by atoms with Crippen molar-refractivity contribution in [2.75, 3.05) is 0 Å². The topological polar surface area (TPSA) is 40.5 Å². The third-order valence-corrected chi connectivity index (χ3v) is 3.32. The lowest BCUT2D eigenvalue weighted by Crippen LogP contribution is -2.26. The quantitative estimate of drug-likeness (QED) is 0.565. The molecule has 66 valence electrons. The van der Waals surface area contributed by atoms with E-state index in [0.29, 0.717) is 10.0 Å². The van der Waals surface area contributed by atoms with Gasteiger partial charge in [-0.05, 0) is 6.07 Å². The molecule has 0 saturated heterocycles. The third-order valence-electron chi connectivity index (χ3n) is 1.22. The SMILES string of the molecule is CC(C)Sc1csc(B(O)O)c1. The standard InChI is InChI=1S/C7H11BO2S2/c1-5(2)12-6-3-7(8(9)10)11-4-6/h3-5,9-10H,1-2H3. The summed E-state index contributed by atoms with van der Waals surface area (Å²) in [6.45, 7) is 4.22. The molecule has 0 amide bonds. The number of hydrogen-bond acceptors (Lipinski definition) is 4. The van der Waals surface area contributed by atoms with E-state index in [4.69, 9.17) is 10.0 Å². The summed E-state index contributed by atoms with van der Waals surface area (Å²) in [4.78, 5) is 1.11. The van der Waals surface area contributed by atoms with Crippen LogP contribution in [0.2, 0.25) is 0 Å². The maximum absolute atomic E-state index is 8.83. The molecule has 0 fully saturated rings. The molecular weight excluding hydrogens is 191 g/mol. The van der Waals surface area contributed by atoms with Gasteiger partial charge in [0.25, 0.3) is 0 Å². The minimum atomic E-state index is -1.32. The van der Waals surface area contributed by atoms with Crippen LogP contribution in [0.5, 0.6) is 0 Å². The molecule has 0 saturated carbocycles. The number of hydrogen-bond donors (Lipinski definition) is 2. The van der Waals surface area contributed by atoms with E-state index in [1.54, 1.807) is 11.8 Å². The summed E-state index contributed by atoms with van der Waals surface area (Å²) < 4.78 is 0.609. The molecule has 0 aliphatic heterocycles. The third kappa shape index (κ3) is 2.82. The van der Waals surface area contributed by atoms with E-state index < -0.39 is 7.12 Å². The van der Waals surface area contributed by atoms with Crippen LogP contribution in [0.15, 0.2) is 16.3 Å². The molecule has 0 aromatic carbocycles. The average molecular weight is 202 g/mol. The lowest BCUT2D eigenvalue weighted by atomic mass is 9.90. The first-order valence-electron chi connectivity index (χ1n) is 3.71. The van der Waals surface area contributed by atoms with Crippen LogP contribution >= 0.6 is 23.1 Å². The van der Waals surface area contributed by atoms with Gasteiger partial charge in [0.15, 0.2) is 0 Å². The van der Waals surface area contributed by atoms with Gasteiger partial charge in [-0.25, -0.2) is 0 Å². The normalized spacial score (nSPS) is 10.8. The molecule has 0 bridgehead atoms. The fourth-order valence-corrected chi connectivity index (χ4v) is 2.62. The molecule has 2 nitrogen and oxygen atoms in total. The van der Waals surface area contributed by atoms with Crippen LogP contribution in [0.25, 0.3) is 0 Å². The first kappa shape index (κ1) is 10.1. The predicted molar refractivity (Wildman–Crippen MR) is 55.1 cm³/mol. The van der Waals surface area contributed by atoms with Crippen molar-refractivity contribution in [2.24, 2.45) is 0 Å². The van der Waals surface area contributed by atoms with E-state index >= 15 is 0 Å². The van der Waals surface area contributed by atoms with E-state index in [1.807, 2.05) is 11.4 Å². The van der Waals surface area contributed by atoms with E-state index in [9.17, 15) is 0 Å². The molecule has 0 unspecified atom stereocenters. The van der Waals surface area contributed by atoms with Crippen LogP contribution in [-0.4, -0.2) is 22.4 Å². The molecule has 1 heterocycles. The summed E-state index contributed by atoms with van der Waals surface area (Å²) in [5, 5.41) is 20.1. The van der Waals surface area contributed by atoms with Crippen molar-refractivity contribution in [1.29, 1.82) is 0 Å². The van der Waals surface area contributed by atoms with Crippen LogP contribution in [0.4, 0.5) is 0 Å². The second-order valence-electron chi connectivity index (χ2n) is 2.73. The zero-order chi connectivity index (χ0) is 9.14. The second-order valence-corrected chi connectivity index (χ2v) is 5.32. The van der Waals surface area contributed by atoms with Crippen LogP contribution in [0, 0.1) is 0 Å². The highest BCUT2D eigenvalue weighted by atomic mass is 32.2. The summed E-state index contributed by atoms with van der Waals surface area (Å²) in [7, 11) is -1.32. The maximum Gasteiger partial charge on any atom is 0.499 e. The van der Waals surface area contributed by atoms with Crippen molar-refractivity contribution in [1.82, 2.24) is 0 Å². The van der Waals surface area contributed by atoms with E-state index in [1.165, 1.54) is 11.3 Å². The van der Waals surface area contributed by atoms with Gasteiger partial charge in [0.05, 0.1) is 0 Å². The molecule has 1 rings (SSSR count). The van der Waals surface area contributed by atoms with Crippen molar-refractivity contribution >= 4 is 35.0 Å². The monoisotopic (exact) mass is 202 g/mol. The number of rotatable bonds is 3. The number of thioether (sulfide) groups is 1. The first-order chi connectivity index (χ1) is 5.59. The minimum absolute atomic E-state index is 0.531. The lowest BCUT2D eigenvalue weighted by Gasteiger charge is -1.99. The molecule has 5 heteroatoms. The van der Waals surface area contributed by atoms with Gasteiger partial charge in [-0.1, -0.05) is 13.8 Å². The van der Waals surface area contributed by atoms with Crippen molar-refractivity contribution < 1.29 is 10.0 Å². The highest BCUT2D eigenvalue weighted by Crippen LogP contribution is 2.23. The maximum atomic E-state index is 8.83. The molecule has 1 aromatic rings. The molecule has 0 atom stereocenters. The van der Waals surface area contributed by atoms with Gasteiger partial charge in [0, 0.05) is 20.3 Å². The van der Waals surface area contributed by atoms with E-state index in [-0.39, 0.29) is 0 Å². The first-order valence-corrected chi connectivity index (χ1v) is 5.46. The molecule has 2 N–H and O–H groups in total. The summed E-state index contributed by atoms with van der Waals surface area (Å²) in [6.07, 6.45) is 0. The Bertz CT molecular complexity index is 247. The van der Waals surface area contributed by atoms with Crippen LogP contribution in [0.3, 0.4) is 0 Å². The van der Waals surface area contributed by atoms with Gasteiger partial charge in [0.2, 0.25) is 0 Å². The molecule has 12 heavy (non-hydrogen) atoms. The average Bonchev–Trinajstić information content (AvgIpc) is 2.34. The van der Waals surface area contributed by atoms with Crippen LogP contribution in [-0.2, 0) is 0 Å². The zero-order valence-corrected chi connectivity index (χ0v) is 8.65. The second kappa shape index (κ2) is 4.32. The smallest absolute Gasteiger partial charge is 0.423 e. The Kier molecular flexibility index (Phi) is 3.64. The Morgan fingerprint density at radius 1 is 1.50 bits per heavy atom. The highest BCUT2D eigenvalue weighted by Gasteiger charge is 2.13.